The zero-order valence-corrected chi connectivity index (χ0v) is 13.5. The van der Waals surface area contributed by atoms with Crippen LogP contribution in [-0.2, 0) is 0 Å². The summed E-state index contributed by atoms with van der Waals surface area (Å²) in [6.45, 7) is 10.5. The molecule has 0 spiro atoms. The van der Waals surface area contributed by atoms with Crippen molar-refractivity contribution < 1.29 is 0 Å². The maximum absolute atomic E-state index is 5.90. The standard InChI is InChI=1S/C15H28N6/c1-4-12(5-2)11-20(6-3)14-17-13(16)18-15(19-14)21-9-7-8-10-21/h12H,4-11H2,1-3H3,(H2,16,17,18,19). The summed E-state index contributed by atoms with van der Waals surface area (Å²) in [6, 6.07) is 0. The summed E-state index contributed by atoms with van der Waals surface area (Å²) in [5, 5.41) is 0. The predicted molar refractivity (Wildman–Crippen MR) is 87.6 cm³/mol. The van der Waals surface area contributed by atoms with Gasteiger partial charge in [-0.15, -0.1) is 0 Å². The van der Waals surface area contributed by atoms with Crippen LogP contribution >= 0.6 is 0 Å². The highest BCUT2D eigenvalue weighted by Gasteiger charge is 2.19. The quantitative estimate of drug-likeness (QED) is 0.831. The van der Waals surface area contributed by atoms with E-state index in [1.165, 1.54) is 25.7 Å². The zero-order valence-electron chi connectivity index (χ0n) is 13.5. The Morgan fingerprint density at radius 3 is 2.33 bits per heavy atom. The topological polar surface area (TPSA) is 71.2 Å². The second-order valence-electron chi connectivity index (χ2n) is 5.71. The minimum atomic E-state index is 0.324. The Hall–Kier alpha value is -1.59. The second kappa shape index (κ2) is 7.43. The van der Waals surface area contributed by atoms with Gasteiger partial charge in [-0.2, -0.15) is 15.0 Å². The Morgan fingerprint density at radius 2 is 1.76 bits per heavy atom. The average Bonchev–Trinajstić information content (AvgIpc) is 3.02. The third-order valence-electron chi connectivity index (χ3n) is 4.32. The molecule has 6 heteroatoms. The molecule has 1 fully saturated rings. The van der Waals surface area contributed by atoms with Gasteiger partial charge >= 0.3 is 0 Å². The molecule has 21 heavy (non-hydrogen) atoms. The van der Waals surface area contributed by atoms with Crippen LogP contribution in [0.3, 0.4) is 0 Å². The van der Waals surface area contributed by atoms with E-state index in [1.54, 1.807) is 0 Å². The first-order valence-electron chi connectivity index (χ1n) is 8.19. The number of hydrogen-bond acceptors (Lipinski definition) is 6. The summed E-state index contributed by atoms with van der Waals surface area (Å²) in [6.07, 6.45) is 4.75. The lowest BCUT2D eigenvalue weighted by molar-refractivity contribution is 0.482. The van der Waals surface area contributed by atoms with E-state index in [9.17, 15) is 0 Å². The molecular formula is C15H28N6. The highest BCUT2D eigenvalue weighted by atomic mass is 15.4. The summed E-state index contributed by atoms with van der Waals surface area (Å²) in [5.41, 5.74) is 5.90. The number of nitrogens with zero attached hydrogens (tertiary/aromatic N) is 5. The second-order valence-corrected chi connectivity index (χ2v) is 5.71. The molecule has 0 amide bonds. The smallest absolute Gasteiger partial charge is 0.231 e. The number of rotatable bonds is 7. The largest absolute Gasteiger partial charge is 0.368 e. The summed E-state index contributed by atoms with van der Waals surface area (Å²) < 4.78 is 0. The Morgan fingerprint density at radius 1 is 1.10 bits per heavy atom. The Labute approximate surface area is 127 Å². The van der Waals surface area contributed by atoms with Crippen molar-refractivity contribution in [1.29, 1.82) is 0 Å². The van der Waals surface area contributed by atoms with Crippen LogP contribution in [0, 0.1) is 5.92 Å². The van der Waals surface area contributed by atoms with Gasteiger partial charge in [0.15, 0.2) is 0 Å². The van der Waals surface area contributed by atoms with Crippen LogP contribution in [0.1, 0.15) is 46.5 Å². The van der Waals surface area contributed by atoms with Gasteiger partial charge in [-0.05, 0) is 25.7 Å². The van der Waals surface area contributed by atoms with Crippen molar-refractivity contribution in [3.63, 3.8) is 0 Å². The first kappa shape index (κ1) is 15.8. The van der Waals surface area contributed by atoms with Gasteiger partial charge in [0, 0.05) is 26.2 Å². The number of nitrogens with two attached hydrogens (primary N) is 1. The van der Waals surface area contributed by atoms with E-state index in [1.807, 2.05) is 0 Å². The molecule has 1 aromatic heterocycles. The molecule has 0 atom stereocenters. The summed E-state index contributed by atoms with van der Waals surface area (Å²) in [7, 11) is 0. The van der Waals surface area contributed by atoms with E-state index in [0.717, 1.165) is 38.1 Å². The fourth-order valence-electron chi connectivity index (χ4n) is 2.78. The van der Waals surface area contributed by atoms with E-state index in [-0.39, 0.29) is 0 Å². The van der Waals surface area contributed by atoms with Crippen LogP contribution in [0.25, 0.3) is 0 Å². The molecular weight excluding hydrogens is 264 g/mol. The normalized spacial score (nSPS) is 15.0. The van der Waals surface area contributed by atoms with Gasteiger partial charge in [-0.1, -0.05) is 26.7 Å². The number of hydrogen-bond donors (Lipinski definition) is 1. The van der Waals surface area contributed by atoms with Crippen LogP contribution < -0.4 is 15.5 Å². The molecule has 1 aliphatic heterocycles. The highest BCUT2D eigenvalue weighted by Crippen LogP contribution is 2.21. The summed E-state index contributed by atoms with van der Waals surface area (Å²) in [4.78, 5) is 17.7. The molecule has 0 radical (unpaired) electrons. The van der Waals surface area contributed by atoms with Crippen LogP contribution in [0.2, 0.25) is 0 Å². The van der Waals surface area contributed by atoms with Crippen molar-refractivity contribution in [2.24, 2.45) is 5.92 Å². The molecule has 6 nitrogen and oxygen atoms in total. The molecule has 1 aromatic rings. The predicted octanol–water partition coefficient (Wildman–Crippen LogP) is 2.32. The average molecular weight is 292 g/mol. The Bertz CT molecular complexity index is 440. The first-order chi connectivity index (χ1) is 10.2. The molecule has 0 aromatic carbocycles. The van der Waals surface area contributed by atoms with Crippen molar-refractivity contribution >= 4 is 17.8 Å². The maximum atomic E-state index is 5.90. The van der Waals surface area contributed by atoms with E-state index >= 15 is 0 Å². The van der Waals surface area contributed by atoms with Gasteiger partial charge in [0.1, 0.15) is 0 Å². The zero-order chi connectivity index (χ0) is 15.2. The lowest BCUT2D eigenvalue weighted by Crippen LogP contribution is -2.32. The van der Waals surface area contributed by atoms with Crippen molar-refractivity contribution in [3.8, 4) is 0 Å². The van der Waals surface area contributed by atoms with Crippen molar-refractivity contribution in [2.75, 3.05) is 41.7 Å². The molecule has 0 bridgehead atoms. The third kappa shape index (κ3) is 3.95. The molecule has 118 valence electrons. The van der Waals surface area contributed by atoms with Crippen LogP contribution in [0.15, 0.2) is 0 Å². The monoisotopic (exact) mass is 292 g/mol. The third-order valence-corrected chi connectivity index (χ3v) is 4.32. The minimum Gasteiger partial charge on any atom is -0.368 e. The van der Waals surface area contributed by atoms with Gasteiger partial charge in [0.05, 0.1) is 0 Å². The van der Waals surface area contributed by atoms with Gasteiger partial charge in [0.2, 0.25) is 17.8 Å². The Balaban J connectivity index is 2.19. The molecule has 0 unspecified atom stereocenters. The lowest BCUT2D eigenvalue weighted by atomic mass is 10.0. The fourth-order valence-corrected chi connectivity index (χ4v) is 2.78. The van der Waals surface area contributed by atoms with E-state index in [4.69, 9.17) is 5.73 Å². The van der Waals surface area contributed by atoms with Gasteiger partial charge in [-0.25, -0.2) is 0 Å². The molecule has 2 N–H and O–H groups in total. The van der Waals surface area contributed by atoms with Gasteiger partial charge < -0.3 is 15.5 Å². The van der Waals surface area contributed by atoms with Crippen molar-refractivity contribution in [2.45, 2.75) is 46.5 Å². The van der Waals surface area contributed by atoms with E-state index in [0.29, 0.717) is 11.9 Å². The summed E-state index contributed by atoms with van der Waals surface area (Å²) in [5.74, 6) is 2.44. The molecule has 2 heterocycles. The molecule has 0 aliphatic carbocycles. The number of anilines is 3. The Kier molecular flexibility index (Phi) is 5.59. The van der Waals surface area contributed by atoms with Gasteiger partial charge in [-0.3, -0.25) is 0 Å². The number of nitrogen functional groups attached to an aromatic ring is 1. The highest BCUT2D eigenvalue weighted by molar-refractivity contribution is 5.44. The van der Waals surface area contributed by atoms with Gasteiger partial charge in [0.25, 0.3) is 0 Å². The molecule has 1 saturated heterocycles. The van der Waals surface area contributed by atoms with E-state index in [2.05, 4.69) is 45.5 Å². The first-order valence-corrected chi connectivity index (χ1v) is 8.19. The van der Waals surface area contributed by atoms with Crippen molar-refractivity contribution in [3.05, 3.63) is 0 Å². The molecule has 1 aliphatic rings. The van der Waals surface area contributed by atoms with Crippen molar-refractivity contribution in [1.82, 2.24) is 15.0 Å². The molecule has 2 rings (SSSR count). The van der Waals surface area contributed by atoms with Crippen LogP contribution in [0.5, 0.6) is 0 Å². The number of aromatic nitrogens is 3. The molecule has 0 saturated carbocycles. The SMILES string of the molecule is CCC(CC)CN(CC)c1nc(N)nc(N2CCCC2)n1. The summed E-state index contributed by atoms with van der Waals surface area (Å²) >= 11 is 0. The van der Waals surface area contributed by atoms with Crippen LogP contribution in [-0.4, -0.2) is 41.1 Å². The minimum absolute atomic E-state index is 0.324. The van der Waals surface area contributed by atoms with E-state index < -0.39 is 0 Å². The maximum Gasteiger partial charge on any atom is 0.231 e. The lowest BCUT2D eigenvalue weighted by Gasteiger charge is -2.26. The fraction of sp³-hybridized carbons (Fsp3) is 0.800. The van der Waals surface area contributed by atoms with Crippen LogP contribution in [0.4, 0.5) is 17.8 Å².